The fourth-order valence-electron chi connectivity index (χ4n) is 2.24. The second kappa shape index (κ2) is 10.1. The van der Waals surface area contributed by atoms with E-state index in [1.807, 2.05) is 30.3 Å². The second-order valence-electron chi connectivity index (χ2n) is 4.68. The Morgan fingerprint density at radius 2 is 1.52 bits per heavy atom. The molecule has 0 saturated carbocycles. The van der Waals surface area contributed by atoms with Crippen molar-refractivity contribution in [3.8, 4) is 0 Å². The molecule has 3 heteroatoms. The first-order valence-electron chi connectivity index (χ1n) is 5.90. The Bertz CT molecular complexity index is 425. The van der Waals surface area contributed by atoms with Gasteiger partial charge in [-0.25, -0.2) is 0 Å². The van der Waals surface area contributed by atoms with Gasteiger partial charge in [-0.15, -0.1) is 0 Å². The van der Waals surface area contributed by atoms with E-state index in [1.54, 1.807) is 6.92 Å². The zero-order valence-corrected chi connectivity index (χ0v) is 10.1. The van der Waals surface area contributed by atoms with Crippen LogP contribution in [0.5, 0.6) is 0 Å². The average Bonchev–Trinajstić information content (AvgIpc) is 2.57. The molecule has 0 aliphatic carbocycles. The molecule has 1 aromatic carbocycles. The maximum Gasteiger partial charge on any atom is 0.317 e. The molecule has 0 amide bonds. The third kappa shape index (κ3) is 5.33. The highest BCUT2D eigenvalue weighted by atomic mass is 16.6. The van der Waals surface area contributed by atoms with E-state index in [9.17, 15) is 9.59 Å². The van der Waals surface area contributed by atoms with Gasteiger partial charge in [0.15, 0.2) is 0 Å². The van der Waals surface area contributed by atoms with E-state index >= 15 is 0 Å². The van der Waals surface area contributed by atoms with E-state index < -0.39 is 0 Å². The number of esters is 2. The summed E-state index contributed by atoms with van der Waals surface area (Å²) in [6.45, 7) is 3.83. The van der Waals surface area contributed by atoms with Crippen LogP contribution in [0.1, 0.15) is 61.5 Å². The maximum atomic E-state index is 11.5. The maximum absolute atomic E-state index is 11.5. The summed E-state index contributed by atoms with van der Waals surface area (Å²) in [4.78, 5) is 22.8. The minimum absolute atomic E-state index is 0. The van der Waals surface area contributed by atoms with Crippen molar-refractivity contribution >= 4 is 11.9 Å². The Hall–Kier alpha value is -1.64. The van der Waals surface area contributed by atoms with Crippen molar-refractivity contribution in [1.29, 1.82) is 0 Å². The van der Waals surface area contributed by atoms with Crippen molar-refractivity contribution in [2.45, 2.75) is 55.9 Å². The Balaban J connectivity index is -0.000000810. The predicted octanol–water partition coefficient (Wildman–Crippen LogP) is 5.06. The molecule has 122 valence electrons. The Labute approximate surface area is 130 Å². The summed E-state index contributed by atoms with van der Waals surface area (Å²) < 4.78 is 4.64. The zero-order chi connectivity index (χ0) is 12.4. The standard InChI is InChI=1S/C14H16O3.4CH4/c1-9(11-6-4-3-5-7-11)8-12-10(2)13(15)17-14(12)16;;;;/h3-7,9-10,12H,8H2,1-2H3;4*1H4. The Morgan fingerprint density at radius 1 is 1.00 bits per heavy atom. The summed E-state index contributed by atoms with van der Waals surface area (Å²) in [7, 11) is 0. The number of benzene rings is 1. The van der Waals surface area contributed by atoms with Crippen LogP contribution in [-0.2, 0) is 14.3 Å². The Kier molecular flexibility index (Phi) is 11.8. The lowest BCUT2D eigenvalue weighted by Crippen LogP contribution is -2.17. The number of hydrogen-bond acceptors (Lipinski definition) is 3. The minimum Gasteiger partial charge on any atom is -0.393 e. The van der Waals surface area contributed by atoms with Crippen molar-refractivity contribution in [1.82, 2.24) is 0 Å². The minimum atomic E-state index is -0.389. The van der Waals surface area contributed by atoms with Crippen LogP contribution in [0.4, 0.5) is 0 Å². The summed E-state index contributed by atoms with van der Waals surface area (Å²) in [5, 5.41) is 0. The van der Waals surface area contributed by atoms with Crippen LogP contribution >= 0.6 is 0 Å². The Morgan fingerprint density at radius 3 is 1.95 bits per heavy atom. The number of rotatable bonds is 3. The van der Waals surface area contributed by atoms with Crippen molar-refractivity contribution in [2.75, 3.05) is 0 Å². The van der Waals surface area contributed by atoms with Crippen molar-refractivity contribution in [3.05, 3.63) is 35.9 Å². The molecular weight excluding hydrogens is 264 g/mol. The van der Waals surface area contributed by atoms with Gasteiger partial charge in [0.25, 0.3) is 0 Å². The van der Waals surface area contributed by atoms with Crippen LogP contribution in [0.15, 0.2) is 30.3 Å². The van der Waals surface area contributed by atoms with Gasteiger partial charge in [-0.3, -0.25) is 9.59 Å². The molecule has 3 nitrogen and oxygen atoms in total. The average molecular weight is 296 g/mol. The van der Waals surface area contributed by atoms with Gasteiger partial charge in [-0.1, -0.05) is 73.9 Å². The van der Waals surface area contributed by atoms with Gasteiger partial charge in [0.1, 0.15) is 0 Å². The topological polar surface area (TPSA) is 43.4 Å². The van der Waals surface area contributed by atoms with Crippen molar-refractivity contribution < 1.29 is 14.3 Å². The van der Waals surface area contributed by atoms with Gasteiger partial charge in [-0.05, 0) is 17.9 Å². The first-order valence-corrected chi connectivity index (χ1v) is 5.90. The molecule has 0 N–H and O–H groups in total. The molecule has 1 fully saturated rings. The van der Waals surface area contributed by atoms with E-state index in [0.29, 0.717) is 6.42 Å². The molecule has 0 bridgehead atoms. The summed E-state index contributed by atoms with van der Waals surface area (Å²) >= 11 is 0. The van der Waals surface area contributed by atoms with Crippen LogP contribution in [0.3, 0.4) is 0 Å². The number of carbonyl (C=O) groups excluding carboxylic acids is 2. The largest absolute Gasteiger partial charge is 0.393 e. The predicted molar refractivity (Wildman–Crippen MR) is 90.2 cm³/mol. The first-order chi connectivity index (χ1) is 8.09. The molecule has 0 radical (unpaired) electrons. The van der Waals surface area contributed by atoms with Crippen LogP contribution in [0, 0.1) is 11.8 Å². The van der Waals surface area contributed by atoms with Crippen molar-refractivity contribution in [2.24, 2.45) is 11.8 Å². The van der Waals surface area contributed by atoms with Gasteiger partial charge in [-0.2, -0.15) is 0 Å². The van der Waals surface area contributed by atoms with Gasteiger partial charge in [0.05, 0.1) is 11.8 Å². The lowest BCUT2D eigenvalue weighted by molar-refractivity contribution is -0.153. The van der Waals surface area contributed by atoms with Crippen LogP contribution in [-0.4, -0.2) is 11.9 Å². The van der Waals surface area contributed by atoms with Gasteiger partial charge < -0.3 is 4.74 Å². The second-order valence-corrected chi connectivity index (χ2v) is 4.68. The molecule has 3 unspecified atom stereocenters. The summed E-state index contributed by atoms with van der Waals surface area (Å²) in [5.74, 6) is -1.11. The smallest absolute Gasteiger partial charge is 0.317 e. The SMILES string of the molecule is C.C.C.C.CC(CC1C(=O)OC(=O)C1C)c1ccccc1. The lowest BCUT2D eigenvalue weighted by Gasteiger charge is -2.16. The fraction of sp³-hybridized carbons (Fsp3) is 0.556. The summed E-state index contributed by atoms with van der Waals surface area (Å²) in [6, 6.07) is 10.0. The molecule has 3 atom stereocenters. The molecule has 1 aromatic rings. The third-order valence-corrected chi connectivity index (χ3v) is 3.46. The highest BCUT2D eigenvalue weighted by Gasteiger charge is 2.41. The normalized spacial score (nSPS) is 20.9. The first kappa shape index (κ1) is 24.4. The summed E-state index contributed by atoms with van der Waals surface area (Å²) in [6.07, 6.45) is 0.662. The number of hydrogen-bond donors (Lipinski definition) is 0. The van der Waals surface area contributed by atoms with Crippen LogP contribution < -0.4 is 0 Å². The molecular formula is C18H32O3. The summed E-state index contributed by atoms with van der Waals surface area (Å²) in [5.41, 5.74) is 1.19. The van der Waals surface area contributed by atoms with Gasteiger partial charge in [0, 0.05) is 0 Å². The quantitative estimate of drug-likeness (QED) is 0.578. The molecule has 0 spiro atoms. The zero-order valence-electron chi connectivity index (χ0n) is 10.1. The van der Waals surface area contributed by atoms with Gasteiger partial charge >= 0.3 is 11.9 Å². The number of ether oxygens (including phenoxy) is 1. The molecule has 1 heterocycles. The molecule has 1 aliphatic rings. The monoisotopic (exact) mass is 296 g/mol. The highest BCUT2D eigenvalue weighted by molar-refractivity contribution is 5.96. The third-order valence-electron chi connectivity index (χ3n) is 3.46. The number of cyclic esters (lactones) is 2. The van der Waals surface area contributed by atoms with Crippen LogP contribution in [0.25, 0.3) is 0 Å². The van der Waals surface area contributed by atoms with E-state index in [-0.39, 0.29) is 59.4 Å². The van der Waals surface area contributed by atoms with E-state index in [4.69, 9.17) is 0 Å². The van der Waals surface area contributed by atoms with E-state index in [1.165, 1.54) is 5.56 Å². The highest BCUT2D eigenvalue weighted by Crippen LogP contribution is 2.32. The van der Waals surface area contributed by atoms with Crippen LogP contribution in [0.2, 0.25) is 0 Å². The fourth-order valence-corrected chi connectivity index (χ4v) is 2.24. The molecule has 1 aliphatic heterocycles. The molecule has 2 rings (SSSR count). The molecule has 21 heavy (non-hydrogen) atoms. The van der Waals surface area contributed by atoms with E-state index in [0.717, 1.165) is 0 Å². The molecule has 1 saturated heterocycles. The van der Waals surface area contributed by atoms with Crippen molar-refractivity contribution in [3.63, 3.8) is 0 Å². The lowest BCUT2D eigenvalue weighted by atomic mass is 9.85. The van der Waals surface area contributed by atoms with Gasteiger partial charge in [0.2, 0.25) is 0 Å². The molecule has 0 aromatic heterocycles. The number of carbonyl (C=O) groups is 2. The van der Waals surface area contributed by atoms with E-state index in [2.05, 4.69) is 11.7 Å².